The highest BCUT2D eigenvalue weighted by atomic mass is 32.2. The van der Waals surface area contributed by atoms with Crippen molar-refractivity contribution in [3.63, 3.8) is 0 Å². The van der Waals surface area contributed by atoms with Gasteiger partial charge in [-0.25, -0.2) is 8.42 Å². The van der Waals surface area contributed by atoms with E-state index >= 15 is 0 Å². The summed E-state index contributed by atoms with van der Waals surface area (Å²) in [5.74, 6) is -0.00679. The van der Waals surface area contributed by atoms with Crippen LogP contribution < -0.4 is 0 Å². The molecule has 1 saturated heterocycles. The van der Waals surface area contributed by atoms with Gasteiger partial charge in [-0.3, -0.25) is 4.79 Å². The summed E-state index contributed by atoms with van der Waals surface area (Å²) in [6.07, 6.45) is 0.464. The number of phenolic OH excluding ortho intramolecular Hbond substituents is 1. The van der Waals surface area contributed by atoms with E-state index in [4.69, 9.17) is 0 Å². The Morgan fingerprint density at radius 3 is 2.68 bits per heavy atom. The number of sulfone groups is 1. The lowest BCUT2D eigenvalue weighted by Gasteiger charge is -2.20. The van der Waals surface area contributed by atoms with Crippen LogP contribution in [0.15, 0.2) is 18.2 Å². The first-order valence-electron chi connectivity index (χ1n) is 6.18. The fraction of sp³-hybridized carbons (Fsp3) is 0.462. The van der Waals surface area contributed by atoms with Gasteiger partial charge in [-0.2, -0.15) is 0 Å². The quantitative estimate of drug-likeness (QED) is 0.833. The predicted octanol–water partition coefficient (Wildman–Crippen LogP) is 0.961. The molecule has 0 unspecified atom stereocenters. The molecule has 0 spiro atoms. The van der Waals surface area contributed by atoms with Crippen LogP contribution in [-0.4, -0.2) is 48.9 Å². The number of amides is 1. The molecule has 0 bridgehead atoms. The summed E-state index contributed by atoms with van der Waals surface area (Å²) in [5, 5.41) is 9.62. The van der Waals surface area contributed by atoms with Crippen LogP contribution in [-0.2, 0) is 9.84 Å². The maximum atomic E-state index is 12.2. The van der Waals surface area contributed by atoms with Crippen molar-refractivity contribution in [1.82, 2.24) is 4.90 Å². The largest absolute Gasteiger partial charge is 0.508 e. The number of aromatic hydroxyl groups is 1. The van der Waals surface area contributed by atoms with Crippen molar-refractivity contribution in [3.8, 4) is 5.75 Å². The Morgan fingerprint density at radius 1 is 1.26 bits per heavy atom. The van der Waals surface area contributed by atoms with E-state index in [1.165, 1.54) is 11.0 Å². The maximum Gasteiger partial charge on any atom is 0.254 e. The van der Waals surface area contributed by atoms with Gasteiger partial charge in [-0.15, -0.1) is 0 Å². The molecule has 0 radical (unpaired) electrons. The normalized spacial score (nSPS) is 18.9. The lowest BCUT2D eigenvalue weighted by molar-refractivity contribution is 0.0768. The second kappa shape index (κ2) is 5.21. The van der Waals surface area contributed by atoms with Crippen LogP contribution in [0.1, 0.15) is 22.3 Å². The highest BCUT2D eigenvalue weighted by Crippen LogP contribution is 2.19. The second-order valence-corrected chi connectivity index (χ2v) is 7.10. The number of rotatable bonds is 1. The highest BCUT2D eigenvalue weighted by molar-refractivity contribution is 7.91. The van der Waals surface area contributed by atoms with Crippen LogP contribution in [0.3, 0.4) is 0 Å². The fourth-order valence-corrected chi connectivity index (χ4v) is 3.34. The topological polar surface area (TPSA) is 74.7 Å². The molecule has 19 heavy (non-hydrogen) atoms. The molecule has 5 nitrogen and oxygen atoms in total. The molecule has 1 aromatic rings. The molecule has 2 rings (SSSR count). The van der Waals surface area contributed by atoms with Gasteiger partial charge in [0.05, 0.1) is 11.5 Å². The molecule has 1 aromatic carbocycles. The standard InChI is InChI=1S/C13H17NO4S/c1-10-3-4-11(9-12(10)15)13(16)14-5-2-7-19(17,18)8-6-14/h3-4,9,15H,2,5-8H2,1H3. The van der Waals surface area contributed by atoms with Gasteiger partial charge < -0.3 is 10.0 Å². The van der Waals surface area contributed by atoms with E-state index in [0.29, 0.717) is 24.1 Å². The Hall–Kier alpha value is -1.56. The minimum Gasteiger partial charge on any atom is -0.508 e. The zero-order valence-electron chi connectivity index (χ0n) is 10.8. The summed E-state index contributed by atoms with van der Waals surface area (Å²) >= 11 is 0. The van der Waals surface area contributed by atoms with Crippen molar-refractivity contribution in [2.45, 2.75) is 13.3 Å². The third-order valence-corrected chi connectivity index (χ3v) is 5.01. The van der Waals surface area contributed by atoms with Gasteiger partial charge in [0.15, 0.2) is 9.84 Å². The molecule has 1 aliphatic heterocycles. The molecule has 1 N–H and O–H groups in total. The number of benzene rings is 1. The van der Waals surface area contributed by atoms with E-state index < -0.39 is 9.84 Å². The van der Waals surface area contributed by atoms with Gasteiger partial charge in [0.25, 0.3) is 5.91 Å². The number of hydrogen-bond acceptors (Lipinski definition) is 4. The summed E-state index contributed by atoms with van der Waals surface area (Å²) in [5.41, 5.74) is 1.09. The molecular formula is C13H17NO4S. The van der Waals surface area contributed by atoms with Crippen molar-refractivity contribution < 1.29 is 18.3 Å². The van der Waals surface area contributed by atoms with E-state index in [2.05, 4.69) is 0 Å². The fourth-order valence-electron chi connectivity index (χ4n) is 2.07. The zero-order chi connectivity index (χ0) is 14.0. The van der Waals surface area contributed by atoms with Crippen molar-refractivity contribution in [3.05, 3.63) is 29.3 Å². The average molecular weight is 283 g/mol. The first-order valence-corrected chi connectivity index (χ1v) is 8.00. The van der Waals surface area contributed by atoms with Gasteiger partial charge in [0.1, 0.15) is 5.75 Å². The molecule has 0 aliphatic carbocycles. The number of nitrogens with zero attached hydrogens (tertiary/aromatic N) is 1. The molecule has 6 heteroatoms. The minimum atomic E-state index is -3.03. The third kappa shape index (κ3) is 3.26. The summed E-state index contributed by atoms with van der Waals surface area (Å²) in [6.45, 7) is 2.41. The van der Waals surface area contributed by atoms with Crippen LogP contribution in [0.25, 0.3) is 0 Å². The van der Waals surface area contributed by atoms with Crippen LogP contribution >= 0.6 is 0 Å². The summed E-state index contributed by atoms with van der Waals surface area (Å²) in [4.78, 5) is 13.8. The Labute approximate surface area is 112 Å². The van der Waals surface area contributed by atoms with Crippen molar-refractivity contribution >= 4 is 15.7 Å². The van der Waals surface area contributed by atoms with Gasteiger partial charge in [0, 0.05) is 18.7 Å². The van der Waals surface area contributed by atoms with Crippen molar-refractivity contribution in [1.29, 1.82) is 0 Å². The molecule has 1 heterocycles. The van der Waals surface area contributed by atoms with Crippen LogP contribution in [0, 0.1) is 6.92 Å². The first-order chi connectivity index (χ1) is 8.89. The number of aryl methyl sites for hydroxylation is 1. The van der Waals surface area contributed by atoms with E-state index in [9.17, 15) is 18.3 Å². The molecular weight excluding hydrogens is 266 g/mol. The smallest absolute Gasteiger partial charge is 0.254 e. The van der Waals surface area contributed by atoms with Gasteiger partial charge in [-0.05, 0) is 31.0 Å². The zero-order valence-corrected chi connectivity index (χ0v) is 11.6. The van der Waals surface area contributed by atoms with Gasteiger partial charge in [-0.1, -0.05) is 6.07 Å². The highest BCUT2D eigenvalue weighted by Gasteiger charge is 2.23. The van der Waals surface area contributed by atoms with Crippen molar-refractivity contribution in [2.75, 3.05) is 24.6 Å². The van der Waals surface area contributed by atoms with Crippen LogP contribution in [0.5, 0.6) is 5.75 Å². The molecule has 0 aromatic heterocycles. The summed E-state index contributed by atoms with van der Waals surface area (Å²) in [7, 11) is -3.03. The number of phenols is 1. The van der Waals surface area contributed by atoms with E-state index in [0.717, 1.165) is 0 Å². The third-order valence-electron chi connectivity index (χ3n) is 3.30. The lowest BCUT2D eigenvalue weighted by Crippen LogP contribution is -2.33. The van der Waals surface area contributed by atoms with E-state index in [1.807, 2.05) is 0 Å². The Bertz CT molecular complexity index is 595. The number of carbonyl (C=O) groups excluding carboxylic acids is 1. The van der Waals surface area contributed by atoms with Crippen LogP contribution in [0.2, 0.25) is 0 Å². The number of carbonyl (C=O) groups is 1. The SMILES string of the molecule is Cc1ccc(C(=O)N2CCCS(=O)(=O)CC2)cc1O. The molecule has 0 atom stereocenters. The summed E-state index contributed by atoms with van der Waals surface area (Å²) in [6, 6.07) is 4.75. The average Bonchev–Trinajstić information content (AvgIpc) is 2.53. The minimum absolute atomic E-state index is 0.0105. The Kier molecular flexibility index (Phi) is 3.80. The lowest BCUT2D eigenvalue weighted by atomic mass is 10.1. The predicted molar refractivity (Wildman–Crippen MR) is 72.0 cm³/mol. The molecule has 1 amide bonds. The maximum absolute atomic E-state index is 12.2. The van der Waals surface area contributed by atoms with E-state index in [1.54, 1.807) is 19.1 Å². The molecule has 1 aliphatic rings. The Morgan fingerprint density at radius 2 is 2.00 bits per heavy atom. The molecule has 1 fully saturated rings. The molecule has 104 valence electrons. The second-order valence-electron chi connectivity index (χ2n) is 4.80. The summed E-state index contributed by atoms with van der Waals surface area (Å²) < 4.78 is 23.0. The Balaban J connectivity index is 2.17. The van der Waals surface area contributed by atoms with Crippen molar-refractivity contribution in [2.24, 2.45) is 0 Å². The van der Waals surface area contributed by atoms with Gasteiger partial charge in [0.2, 0.25) is 0 Å². The first kappa shape index (κ1) is 13.9. The number of hydrogen-bond donors (Lipinski definition) is 1. The monoisotopic (exact) mass is 283 g/mol. The van der Waals surface area contributed by atoms with Crippen LogP contribution in [0.4, 0.5) is 0 Å². The molecule has 0 saturated carbocycles. The van der Waals surface area contributed by atoms with Gasteiger partial charge >= 0.3 is 0 Å². The van der Waals surface area contributed by atoms with E-state index in [-0.39, 0.29) is 29.7 Å².